The normalized spacial score (nSPS) is 10.7. The topological polar surface area (TPSA) is 138 Å². The molecule has 0 aliphatic carbocycles. The van der Waals surface area contributed by atoms with Crippen molar-refractivity contribution in [2.45, 2.75) is 25.7 Å². The van der Waals surface area contributed by atoms with Gasteiger partial charge in [0.15, 0.2) is 11.5 Å². The number of esters is 2. The van der Waals surface area contributed by atoms with Gasteiger partial charge in [-0.1, -0.05) is 31.4 Å². The van der Waals surface area contributed by atoms with Crippen molar-refractivity contribution in [2.75, 3.05) is 44.2 Å². The van der Waals surface area contributed by atoms with Gasteiger partial charge in [0.1, 0.15) is 5.75 Å². The SMILES string of the molecule is C=CC(=O)OCCCCOc1ccc(/C=C/C(=O)Nc2ccc(NC(=O)/C=C/c3ccc(OCCCCOC(=O)C=C)c(OC)c3)cc2)cc1. The Kier molecular flexibility index (Phi) is 16.7. The average molecular weight is 683 g/mol. The lowest BCUT2D eigenvalue weighted by atomic mass is 10.2. The third-order valence-corrected chi connectivity index (χ3v) is 6.77. The number of methoxy groups -OCH3 is 1. The van der Waals surface area contributed by atoms with Crippen molar-refractivity contribution in [3.05, 3.63) is 115 Å². The van der Waals surface area contributed by atoms with E-state index in [0.29, 0.717) is 74.3 Å². The first kappa shape index (κ1) is 38.3. The quantitative estimate of drug-likeness (QED) is 0.0708. The molecule has 2 N–H and O–H groups in total. The first-order valence-electron chi connectivity index (χ1n) is 16.0. The van der Waals surface area contributed by atoms with Gasteiger partial charge in [0.25, 0.3) is 0 Å². The second-order valence-corrected chi connectivity index (χ2v) is 10.6. The van der Waals surface area contributed by atoms with Crippen LogP contribution in [0.4, 0.5) is 11.4 Å². The largest absolute Gasteiger partial charge is 0.494 e. The number of hydrogen-bond acceptors (Lipinski definition) is 9. The molecule has 0 aliphatic heterocycles. The van der Waals surface area contributed by atoms with Crippen molar-refractivity contribution >= 4 is 47.3 Å². The molecule has 50 heavy (non-hydrogen) atoms. The number of nitrogens with one attached hydrogen (secondary N) is 2. The van der Waals surface area contributed by atoms with E-state index in [1.54, 1.807) is 48.6 Å². The third kappa shape index (κ3) is 14.8. The van der Waals surface area contributed by atoms with Crippen LogP contribution in [0, 0.1) is 0 Å². The predicted molar refractivity (Wildman–Crippen MR) is 193 cm³/mol. The number of benzene rings is 3. The van der Waals surface area contributed by atoms with Gasteiger partial charge < -0.3 is 34.3 Å². The zero-order chi connectivity index (χ0) is 36.0. The first-order chi connectivity index (χ1) is 24.3. The molecule has 0 saturated carbocycles. The molecule has 0 saturated heterocycles. The van der Waals surface area contributed by atoms with Crippen molar-refractivity contribution in [1.82, 2.24) is 0 Å². The van der Waals surface area contributed by atoms with Crippen molar-refractivity contribution < 1.29 is 42.9 Å². The lowest BCUT2D eigenvalue weighted by Crippen LogP contribution is -2.09. The molecule has 3 aromatic rings. The van der Waals surface area contributed by atoms with E-state index in [9.17, 15) is 19.2 Å². The minimum atomic E-state index is -0.447. The Morgan fingerprint density at radius 2 is 1.08 bits per heavy atom. The molecule has 0 aliphatic rings. The molecule has 3 aromatic carbocycles. The molecule has 0 spiro atoms. The fraction of sp³-hybridized carbons (Fsp3) is 0.231. The van der Waals surface area contributed by atoms with Crippen LogP contribution in [0.25, 0.3) is 12.2 Å². The number of anilines is 2. The first-order valence-corrected chi connectivity index (χ1v) is 16.0. The number of carbonyl (C=O) groups is 4. The zero-order valence-corrected chi connectivity index (χ0v) is 28.1. The van der Waals surface area contributed by atoms with E-state index in [2.05, 4.69) is 23.8 Å². The summed E-state index contributed by atoms with van der Waals surface area (Å²) in [7, 11) is 1.54. The van der Waals surface area contributed by atoms with Gasteiger partial charge in [-0.25, -0.2) is 9.59 Å². The highest BCUT2D eigenvalue weighted by atomic mass is 16.5. The van der Waals surface area contributed by atoms with Crippen LogP contribution < -0.4 is 24.8 Å². The van der Waals surface area contributed by atoms with Gasteiger partial charge in [0.05, 0.1) is 33.5 Å². The van der Waals surface area contributed by atoms with E-state index in [1.165, 1.54) is 19.3 Å². The summed E-state index contributed by atoms with van der Waals surface area (Å²) in [4.78, 5) is 47.1. The van der Waals surface area contributed by atoms with Crippen molar-refractivity contribution in [1.29, 1.82) is 0 Å². The molecular weight excluding hydrogens is 640 g/mol. The highest BCUT2D eigenvalue weighted by Gasteiger charge is 2.07. The maximum Gasteiger partial charge on any atom is 0.330 e. The molecular formula is C39H42N2O9. The van der Waals surface area contributed by atoms with E-state index in [4.69, 9.17) is 23.7 Å². The summed E-state index contributed by atoms with van der Waals surface area (Å²) in [5.74, 6) is 0.277. The lowest BCUT2D eigenvalue weighted by molar-refractivity contribution is -0.138. The summed E-state index contributed by atoms with van der Waals surface area (Å²) >= 11 is 0. The van der Waals surface area contributed by atoms with E-state index < -0.39 is 11.9 Å². The van der Waals surface area contributed by atoms with Crippen LogP contribution in [0.2, 0.25) is 0 Å². The minimum Gasteiger partial charge on any atom is -0.494 e. The molecule has 262 valence electrons. The Bertz CT molecular complexity index is 1640. The van der Waals surface area contributed by atoms with Crippen LogP contribution in [0.3, 0.4) is 0 Å². The summed E-state index contributed by atoms with van der Waals surface area (Å²) < 4.78 is 26.8. The number of unbranched alkanes of at least 4 members (excludes halogenated alkanes) is 2. The highest BCUT2D eigenvalue weighted by Crippen LogP contribution is 2.29. The van der Waals surface area contributed by atoms with Gasteiger partial charge in [-0.3, -0.25) is 9.59 Å². The molecule has 0 radical (unpaired) electrons. The third-order valence-electron chi connectivity index (χ3n) is 6.77. The fourth-order valence-electron chi connectivity index (χ4n) is 4.17. The Morgan fingerprint density at radius 3 is 1.60 bits per heavy atom. The van der Waals surface area contributed by atoms with E-state index >= 15 is 0 Å². The summed E-state index contributed by atoms with van der Waals surface area (Å²) in [5.41, 5.74) is 2.71. The van der Waals surface area contributed by atoms with E-state index in [-0.39, 0.29) is 11.8 Å². The van der Waals surface area contributed by atoms with Crippen molar-refractivity contribution in [2.24, 2.45) is 0 Å². The minimum absolute atomic E-state index is 0.299. The predicted octanol–water partition coefficient (Wildman–Crippen LogP) is 6.78. The second kappa shape index (κ2) is 21.7. The Labute approximate surface area is 292 Å². The van der Waals surface area contributed by atoms with Crippen LogP contribution in [-0.2, 0) is 28.7 Å². The number of carbonyl (C=O) groups excluding carboxylic acids is 4. The summed E-state index contributed by atoms with van der Waals surface area (Å²) in [6.45, 7) is 8.25. The molecule has 11 heteroatoms. The maximum absolute atomic E-state index is 12.5. The molecule has 0 bridgehead atoms. The van der Waals surface area contributed by atoms with Gasteiger partial charge in [-0.15, -0.1) is 0 Å². The molecule has 0 unspecified atom stereocenters. The summed E-state index contributed by atoms with van der Waals surface area (Å²) in [5, 5.41) is 5.58. The van der Waals surface area contributed by atoms with E-state index in [1.807, 2.05) is 30.3 Å². The number of hydrogen-bond donors (Lipinski definition) is 2. The maximum atomic E-state index is 12.5. The Balaban J connectivity index is 1.38. The number of amides is 2. The number of rotatable bonds is 21. The monoisotopic (exact) mass is 682 g/mol. The smallest absolute Gasteiger partial charge is 0.330 e. The van der Waals surface area contributed by atoms with E-state index in [0.717, 1.165) is 29.7 Å². The zero-order valence-electron chi connectivity index (χ0n) is 28.1. The molecule has 0 fully saturated rings. The van der Waals surface area contributed by atoms with Crippen LogP contribution in [0.1, 0.15) is 36.8 Å². The van der Waals surface area contributed by atoms with Gasteiger partial charge >= 0.3 is 11.9 Å². The van der Waals surface area contributed by atoms with Crippen LogP contribution in [0.5, 0.6) is 17.2 Å². The summed E-state index contributed by atoms with van der Waals surface area (Å²) in [6, 6.07) is 19.4. The Morgan fingerprint density at radius 1 is 0.600 bits per heavy atom. The molecule has 2 amide bonds. The number of ether oxygens (including phenoxy) is 5. The van der Waals surface area contributed by atoms with Gasteiger partial charge in [-0.05, 0) is 97.5 Å². The van der Waals surface area contributed by atoms with Crippen LogP contribution in [0.15, 0.2) is 104 Å². The molecule has 0 aromatic heterocycles. The molecule has 0 atom stereocenters. The molecule has 0 heterocycles. The standard InChI is InChI=1S/C39H42N2O9/c1-4-38(44)49-26-8-6-24-47-33-19-10-29(11-20-33)13-22-36(42)40-31-15-17-32(18-16-31)41-37(43)23-14-30-12-21-34(35(28-30)46-3)48-25-7-9-27-50-39(45)5-2/h4-5,10-23,28H,1-2,6-9,24-27H2,3H3,(H,40,42)(H,41,43)/b22-13+,23-14+. The second-order valence-electron chi connectivity index (χ2n) is 10.6. The highest BCUT2D eigenvalue weighted by molar-refractivity contribution is 6.03. The molecule has 11 nitrogen and oxygen atoms in total. The average Bonchev–Trinajstić information content (AvgIpc) is 3.13. The van der Waals surface area contributed by atoms with Crippen LogP contribution in [-0.4, -0.2) is 57.3 Å². The molecule has 3 rings (SSSR count). The lowest BCUT2D eigenvalue weighted by Gasteiger charge is -2.11. The summed E-state index contributed by atoms with van der Waals surface area (Å²) in [6.07, 6.45) is 11.2. The van der Waals surface area contributed by atoms with Gasteiger partial charge in [0.2, 0.25) is 11.8 Å². The van der Waals surface area contributed by atoms with Crippen molar-refractivity contribution in [3.8, 4) is 17.2 Å². The van der Waals surface area contributed by atoms with Gasteiger partial charge in [-0.2, -0.15) is 0 Å². The fourth-order valence-corrected chi connectivity index (χ4v) is 4.17. The van der Waals surface area contributed by atoms with Gasteiger partial charge in [0, 0.05) is 35.7 Å². The Hall–Kier alpha value is -6.10. The van der Waals surface area contributed by atoms with Crippen LogP contribution >= 0.6 is 0 Å². The van der Waals surface area contributed by atoms with Crippen molar-refractivity contribution in [3.63, 3.8) is 0 Å².